The lowest BCUT2D eigenvalue weighted by molar-refractivity contribution is 0.0775. The highest BCUT2D eigenvalue weighted by atomic mass is 28.4. The zero-order chi connectivity index (χ0) is 32.4. The Kier molecular flexibility index (Phi) is 17.4. The maximum Gasteiger partial charge on any atom is 0.250 e. The van der Waals surface area contributed by atoms with Crippen molar-refractivity contribution in [1.82, 2.24) is 0 Å². The van der Waals surface area contributed by atoms with Crippen LogP contribution in [0.15, 0.2) is 54.6 Å². The van der Waals surface area contributed by atoms with Crippen LogP contribution in [0, 0.1) is 13.8 Å². The SMILES string of the molecule is CCCCCCCCCCCCC/C=C/[C@@H](O)[C@H](COCc1ccccc1)Nc1c(C)cc(O[Si](C)(C)C(C)(C)C)cc1C. The summed E-state index contributed by atoms with van der Waals surface area (Å²) in [6, 6.07) is 14.2. The molecule has 2 atom stereocenters. The van der Waals surface area contributed by atoms with Crippen LogP contribution >= 0.6 is 0 Å². The fraction of sp³-hybridized carbons (Fsp3) is 0.641. The highest BCUT2D eigenvalue weighted by molar-refractivity contribution is 6.74. The third-order valence-corrected chi connectivity index (χ3v) is 13.5. The van der Waals surface area contributed by atoms with E-state index >= 15 is 0 Å². The normalized spacial score (nSPS) is 13.8. The Balaban J connectivity index is 1.94. The summed E-state index contributed by atoms with van der Waals surface area (Å²) in [5.74, 6) is 0.932. The summed E-state index contributed by atoms with van der Waals surface area (Å²) in [4.78, 5) is 0. The summed E-state index contributed by atoms with van der Waals surface area (Å²) in [7, 11) is -1.94. The van der Waals surface area contributed by atoms with Crippen LogP contribution in [-0.4, -0.2) is 32.2 Å². The standard InChI is InChI=1S/C39H65NO3Si/c1-9-10-11-12-13-14-15-16-17-18-19-20-24-27-37(41)36(31-42-30-34-25-22-21-23-26-34)40-38-32(2)28-35(29-33(38)3)43-44(7,8)39(4,5)6/h21-29,36-37,40-41H,9-20,30-31H2,1-8H3/b27-24+/t36-,37+/m0/s1. The second-order valence-electron chi connectivity index (χ2n) is 14.3. The van der Waals surface area contributed by atoms with E-state index in [1.54, 1.807) is 0 Å². The number of allylic oxidation sites excluding steroid dienone is 1. The zero-order valence-corrected chi connectivity index (χ0v) is 30.5. The van der Waals surface area contributed by atoms with Crippen LogP contribution in [0.3, 0.4) is 0 Å². The Morgan fingerprint density at radius 3 is 1.93 bits per heavy atom. The number of aliphatic hydroxyl groups is 1. The van der Waals surface area contributed by atoms with E-state index in [1.807, 2.05) is 24.3 Å². The highest BCUT2D eigenvalue weighted by Crippen LogP contribution is 2.38. The van der Waals surface area contributed by atoms with E-state index in [9.17, 15) is 5.11 Å². The Bertz CT molecular complexity index is 1050. The van der Waals surface area contributed by atoms with Crippen molar-refractivity contribution in [2.75, 3.05) is 11.9 Å². The van der Waals surface area contributed by atoms with Gasteiger partial charge in [0, 0.05) is 5.69 Å². The lowest BCUT2D eigenvalue weighted by Crippen LogP contribution is -2.43. The lowest BCUT2D eigenvalue weighted by Gasteiger charge is -2.36. The molecule has 2 rings (SSSR count). The molecule has 0 fully saturated rings. The Hall–Kier alpha value is -2.08. The molecular formula is C39H65NO3Si. The monoisotopic (exact) mass is 623 g/mol. The van der Waals surface area contributed by atoms with E-state index in [4.69, 9.17) is 9.16 Å². The van der Waals surface area contributed by atoms with Crippen LogP contribution in [0.5, 0.6) is 5.75 Å². The number of hydrogen-bond acceptors (Lipinski definition) is 4. The summed E-state index contributed by atoms with van der Waals surface area (Å²) in [5, 5.41) is 15.1. The number of hydrogen-bond donors (Lipinski definition) is 2. The topological polar surface area (TPSA) is 50.7 Å². The first kappa shape index (κ1) is 38.1. The Labute approximate surface area is 272 Å². The molecule has 0 aliphatic heterocycles. The minimum atomic E-state index is -1.94. The molecule has 0 radical (unpaired) electrons. The molecule has 2 aromatic rings. The maximum absolute atomic E-state index is 11.3. The molecule has 248 valence electrons. The summed E-state index contributed by atoms with van der Waals surface area (Å²) < 4.78 is 12.7. The smallest absolute Gasteiger partial charge is 0.250 e. The quantitative estimate of drug-likeness (QED) is 0.0778. The summed E-state index contributed by atoms with van der Waals surface area (Å²) >= 11 is 0. The van der Waals surface area contributed by atoms with Gasteiger partial charge in [0.2, 0.25) is 8.32 Å². The average Bonchev–Trinajstić information content (AvgIpc) is 2.96. The molecule has 0 aliphatic carbocycles. The first-order valence-corrected chi connectivity index (χ1v) is 20.4. The fourth-order valence-corrected chi connectivity index (χ4v) is 6.26. The number of ether oxygens (including phenoxy) is 1. The predicted octanol–water partition coefficient (Wildman–Crippen LogP) is 11.3. The van der Waals surface area contributed by atoms with Crippen LogP contribution in [-0.2, 0) is 11.3 Å². The van der Waals surface area contributed by atoms with Gasteiger partial charge >= 0.3 is 0 Å². The molecule has 44 heavy (non-hydrogen) atoms. The summed E-state index contributed by atoms with van der Waals surface area (Å²) in [6.07, 6.45) is 19.3. The number of aryl methyl sites for hydroxylation is 2. The number of anilines is 1. The predicted molar refractivity (Wildman–Crippen MR) is 193 cm³/mol. The van der Waals surface area contributed by atoms with Gasteiger partial charge in [-0.05, 0) is 73.6 Å². The van der Waals surface area contributed by atoms with Crippen molar-refractivity contribution in [1.29, 1.82) is 0 Å². The molecule has 0 heterocycles. The first-order valence-electron chi connectivity index (χ1n) is 17.5. The minimum Gasteiger partial charge on any atom is -0.543 e. The van der Waals surface area contributed by atoms with Gasteiger partial charge in [0.25, 0.3) is 0 Å². The number of rotatable bonds is 22. The van der Waals surface area contributed by atoms with Crippen LogP contribution < -0.4 is 9.74 Å². The number of nitrogens with one attached hydrogen (secondary N) is 1. The molecule has 0 bridgehead atoms. The molecule has 0 unspecified atom stereocenters. The van der Waals surface area contributed by atoms with E-state index in [-0.39, 0.29) is 11.1 Å². The number of benzene rings is 2. The van der Waals surface area contributed by atoms with Crippen molar-refractivity contribution in [2.24, 2.45) is 0 Å². The van der Waals surface area contributed by atoms with Crippen molar-refractivity contribution in [3.05, 3.63) is 71.3 Å². The number of unbranched alkanes of at least 4 members (excludes halogenated alkanes) is 11. The van der Waals surface area contributed by atoms with Gasteiger partial charge in [0.1, 0.15) is 5.75 Å². The van der Waals surface area contributed by atoms with Gasteiger partial charge in [-0.3, -0.25) is 0 Å². The zero-order valence-electron chi connectivity index (χ0n) is 29.5. The molecule has 0 spiro atoms. The van der Waals surface area contributed by atoms with Gasteiger partial charge in [-0.15, -0.1) is 0 Å². The molecule has 0 aromatic heterocycles. The van der Waals surface area contributed by atoms with Gasteiger partial charge in [0.05, 0.1) is 25.4 Å². The number of aliphatic hydroxyl groups excluding tert-OH is 1. The van der Waals surface area contributed by atoms with Gasteiger partial charge in [-0.2, -0.15) is 0 Å². The second kappa shape index (κ2) is 20.1. The van der Waals surface area contributed by atoms with Crippen molar-refractivity contribution in [3.63, 3.8) is 0 Å². The Morgan fingerprint density at radius 2 is 1.39 bits per heavy atom. The van der Waals surface area contributed by atoms with Crippen LogP contribution in [0.25, 0.3) is 0 Å². The van der Waals surface area contributed by atoms with Crippen LogP contribution in [0.4, 0.5) is 5.69 Å². The second-order valence-corrected chi connectivity index (χ2v) is 19.0. The van der Waals surface area contributed by atoms with Gasteiger partial charge in [0.15, 0.2) is 0 Å². The third-order valence-electron chi connectivity index (χ3n) is 9.14. The van der Waals surface area contributed by atoms with Crippen LogP contribution in [0.2, 0.25) is 18.1 Å². The Morgan fingerprint density at radius 1 is 0.841 bits per heavy atom. The maximum atomic E-state index is 11.3. The van der Waals surface area contributed by atoms with E-state index in [0.717, 1.165) is 34.5 Å². The van der Waals surface area contributed by atoms with Crippen molar-refractivity contribution < 1.29 is 14.3 Å². The van der Waals surface area contributed by atoms with Crippen LogP contribution in [0.1, 0.15) is 121 Å². The van der Waals surface area contributed by atoms with Crippen molar-refractivity contribution in [2.45, 2.75) is 155 Å². The highest BCUT2D eigenvalue weighted by Gasteiger charge is 2.39. The minimum absolute atomic E-state index is 0.136. The van der Waals surface area contributed by atoms with Crippen molar-refractivity contribution in [3.8, 4) is 5.75 Å². The third kappa shape index (κ3) is 14.3. The van der Waals surface area contributed by atoms with Gasteiger partial charge in [-0.1, -0.05) is 134 Å². The van der Waals surface area contributed by atoms with E-state index in [1.165, 1.54) is 70.6 Å². The van der Waals surface area contributed by atoms with Gasteiger partial charge < -0.3 is 19.6 Å². The molecule has 2 aromatic carbocycles. The lowest BCUT2D eigenvalue weighted by atomic mass is 10.0. The summed E-state index contributed by atoms with van der Waals surface area (Å²) in [5.41, 5.74) is 4.40. The van der Waals surface area contributed by atoms with Gasteiger partial charge in [-0.25, -0.2) is 0 Å². The molecule has 0 amide bonds. The van der Waals surface area contributed by atoms with E-state index < -0.39 is 14.4 Å². The fourth-order valence-electron chi connectivity index (χ4n) is 5.24. The average molecular weight is 624 g/mol. The summed E-state index contributed by atoms with van der Waals surface area (Å²) in [6.45, 7) is 18.8. The molecule has 5 heteroatoms. The van der Waals surface area contributed by atoms with E-state index in [0.29, 0.717) is 13.2 Å². The first-order chi connectivity index (χ1) is 20.9. The van der Waals surface area contributed by atoms with E-state index in [2.05, 4.69) is 90.3 Å². The molecule has 4 nitrogen and oxygen atoms in total. The largest absolute Gasteiger partial charge is 0.543 e. The molecule has 0 aliphatic rings. The van der Waals surface area contributed by atoms with Crippen molar-refractivity contribution >= 4 is 14.0 Å². The molecule has 2 N–H and O–H groups in total. The molecular weight excluding hydrogens is 559 g/mol. The molecule has 0 saturated heterocycles. The molecule has 0 saturated carbocycles.